The van der Waals surface area contributed by atoms with Crippen LogP contribution in [0.3, 0.4) is 0 Å². The highest BCUT2D eigenvalue weighted by Gasteiger charge is 2.43. The van der Waals surface area contributed by atoms with Gasteiger partial charge in [-0.1, -0.05) is 12.8 Å². The van der Waals surface area contributed by atoms with Crippen LogP contribution in [0.25, 0.3) is 0 Å². The summed E-state index contributed by atoms with van der Waals surface area (Å²) in [5, 5.41) is 10.6. The van der Waals surface area contributed by atoms with Crippen LogP contribution in [-0.4, -0.2) is 39.2 Å². The third kappa shape index (κ3) is 2.18. The van der Waals surface area contributed by atoms with Crippen LogP contribution >= 0.6 is 0 Å². The van der Waals surface area contributed by atoms with Gasteiger partial charge < -0.3 is 14.6 Å². The Hall–Kier alpha value is -1.29. The summed E-state index contributed by atoms with van der Waals surface area (Å²) in [4.78, 5) is 14.4. The molecule has 1 aromatic rings. The zero-order valence-electron chi connectivity index (χ0n) is 11.5. The molecule has 3 rings (SSSR count). The third-order valence-electron chi connectivity index (χ3n) is 4.88. The number of aliphatic hydroxyl groups is 1. The molecular weight excluding hydrogens is 240 g/mol. The van der Waals surface area contributed by atoms with Crippen molar-refractivity contribution in [2.45, 2.75) is 37.7 Å². The Labute approximate surface area is 114 Å². The first kappa shape index (κ1) is 12.7. The van der Waals surface area contributed by atoms with Gasteiger partial charge in [-0.3, -0.25) is 4.79 Å². The van der Waals surface area contributed by atoms with Crippen LogP contribution in [0.15, 0.2) is 18.3 Å². The molecule has 1 N–H and O–H groups in total. The first-order chi connectivity index (χ1) is 9.10. The summed E-state index contributed by atoms with van der Waals surface area (Å²) in [6.45, 7) is 1.39. The monoisotopic (exact) mass is 262 g/mol. The number of likely N-dealkylation sites (tertiary alicyclic amines) is 1. The molecule has 4 nitrogen and oxygen atoms in total. The number of carbonyl (C=O) groups is 1. The van der Waals surface area contributed by atoms with E-state index in [-0.39, 0.29) is 11.8 Å². The highest BCUT2D eigenvalue weighted by atomic mass is 16.3. The standard InChI is InChI=1S/C15H22N2O2/c1-16-9-4-6-13(16)14(18)17-10-8-15(19)7-3-2-5-12(15)11-17/h4,6,9,12,19H,2-3,5,7-8,10-11H2,1H3. The van der Waals surface area contributed by atoms with E-state index in [0.717, 1.165) is 31.4 Å². The van der Waals surface area contributed by atoms with Crippen LogP contribution in [-0.2, 0) is 7.05 Å². The Morgan fingerprint density at radius 2 is 2.26 bits per heavy atom. The molecule has 0 bridgehead atoms. The van der Waals surface area contributed by atoms with Gasteiger partial charge in [-0.2, -0.15) is 0 Å². The van der Waals surface area contributed by atoms with E-state index in [2.05, 4.69) is 0 Å². The van der Waals surface area contributed by atoms with Gasteiger partial charge in [-0.15, -0.1) is 0 Å². The Bertz CT molecular complexity index is 482. The van der Waals surface area contributed by atoms with Crippen LogP contribution in [0, 0.1) is 5.92 Å². The Morgan fingerprint density at radius 1 is 1.42 bits per heavy atom. The van der Waals surface area contributed by atoms with E-state index in [1.807, 2.05) is 34.8 Å². The molecular formula is C15H22N2O2. The zero-order chi connectivity index (χ0) is 13.5. The number of hydrogen-bond donors (Lipinski definition) is 1. The van der Waals surface area contributed by atoms with Crippen molar-refractivity contribution >= 4 is 5.91 Å². The van der Waals surface area contributed by atoms with Gasteiger partial charge in [0.2, 0.25) is 0 Å². The van der Waals surface area contributed by atoms with Gasteiger partial charge in [0.05, 0.1) is 5.60 Å². The normalized spacial score (nSPS) is 31.1. The number of nitrogens with zero attached hydrogens (tertiary/aromatic N) is 2. The molecule has 2 unspecified atom stereocenters. The lowest BCUT2D eigenvalue weighted by Gasteiger charge is -2.47. The minimum absolute atomic E-state index is 0.0973. The second-order valence-electron chi connectivity index (χ2n) is 6.05. The van der Waals surface area contributed by atoms with E-state index in [4.69, 9.17) is 0 Å². The molecule has 0 aromatic carbocycles. The molecule has 104 valence electrons. The second kappa shape index (κ2) is 4.67. The SMILES string of the molecule is Cn1cccc1C(=O)N1CCC2(O)CCCCC2C1. The molecule has 2 aliphatic rings. The first-order valence-corrected chi connectivity index (χ1v) is 7.23. The molecule has 1 aromatic heterocycles. The summed E-state index contributed by atoms with van der Waals surface area (Å²) in [6, 6.07) is 3.76. The van der Waals surface area contributed by atoms with Gasteiger partial charge in [0.1, 0.15) is 5.69 Å². The Balaban J connectivity index is 1.74. The summed E-state index contributed by atoms with van der Waals surface area (Å²) in [5.74, 6) is 0.361. The average molecular weight is 262 g/mol. The second-order valence-corrected chi connectivity index (χ2v) is 6.05. The number of piperidine rings is 1. The Kier molecular flexibility index (Phi) is 3.13. The highest BCUT2D eigenvalue weighted by Crippen LogP contribution is 2.39. The first-order valence-electron chi connectivity index (χ1n) is 7.23. The fraction of sp³-hybridized carbons (Fsp3) is 0.667. The summed E-state index contributed by atoms with van der Waals surface area (Å²) < 4.78 is 1.87. The van der Waals surface area contributed by atoms with Gasteiger partial charge >= 0.3 is 0 Å². The summed E-state index contributed by atoms with van der Waals surface area (Å²) in [5.41, 5.74) is 0.227. The minimum atomic E-state index is -0.511. The van der Waals surface area contributed by atoms with Crippen molar-refractivity contribution in [3.8, 4) is 0 Å². The quantitative estimate of drug-likeness (QED) is 0.838. The van der Waals surface area contributed by atoms with Gasteiger partial charge in [0.25, 0.3) is 5.91 Å². The van der Waals surface area contributed by atoms with E-state index in [1.165, 1.54) is 6.42 Å². The van der Waals surface area contributed by atoms with Crippen LogP contribution in [0.4, 0.5) is 0 Å². The third-order valence-corrected chi connectivity index (χ3v) is 4.88. The lowest BCUT2D eigenvalue weighted by molar-refractivity contribution is -0.0887. The van der Waals surface area contributed by atoms with Crippen molar-refractivity contribution in [2.75, 3.05) is 13.1 Å². The fourth-order valence-corrected chi connectivity index (χ4v) is 3.60. The molecule has 4 heteroatoms. The smallest absolute Gasteiger partial charge is 0.270 e. The van der Waals surface area contributed by atoms with Crippen LogP contribution in [0.5, 0.6) is 0 Å². The molecule has 0 spiro atoms. The van der Waals surface area contributed by atoms with E-state index in [9.17, 15) is 9.90 Å². The molecule has 19 heavy (non-hydrogen) atoms. The topological polar surface area (TPSA) is 45.5 Å². The van der Waals surface area contributed by atoms with E-state index >= 15 is 0 Å². The summed E-state index contributed by atoms with van der Waals surface area (Å²) in [7, 11) is 1.90. The van der Waals surface area contributed by atoms with Gasteiger partial charge in [0.15, 0.2) is 0 Å². The van der Waals surface area contributed by atoms with Crippen molar-refractivity contribution in [1.29, 1.82) is 0 Å². The molecule has 2 atom stereocenters. The predicted molar refractivity (Wildman–Crippen MR) is 72.8 cm³/mol. The lowest BCUT2D eigenvalue weighted by Crippen LogP contribution is -2.54. The van der Waals surface area contributed by atoms with Crippen molar-refractivity contribution in [2.24, 2.45) is 13.0 Å². The maximum atomic E-state index is 12.5. The molecule has 1 aliphatic heterocycles. The largest absolute Gasteiger partial charge is 0.389 e. The van der Waals surface area contributed by atoms with Crippen LogP contribution in [0.1, 0.15) is 42.6 Å². The molecule has 0 radical (unpaired) electrons. The number of carbonyl (C=O) groups excluding carboxylic acids is 1. The number of fused-ring (bicyclic) bond motifs is 1. The molecule has 2 fully saturated rings. The molecule has 2 heterocycles. The minimum Gasteiger partial charge on any atom is -0.389 e. The molecule has 1 saturated carbocycles. The van der Waals surface area contributed by atoms with E-state index in [0.29, 0.717) is 13.1 Å². The number of aromatic nitrogens is 1. The maximum absolute atomic E-state index is 12.5. The van der Waals surface area contributed by atoms with Crippen LogP contribution < -0.4 is 0 Å². The van der Waals surface area contributed by atoms with Gasteiger partial charge in [-0.25, -0.2) is 0 Å². The number of amides is 1. The maximum Gasteiger partial charge on any atom is 0.270 e. The van der Waals surface area contributed by atoms with Crippen molar-refractivity contribution in [3.63, 3.8) is 0 Å². The molecule has 1 amide bonds. The van der Waals surface area contributed by atoms with Crippen molar-refractivity contribution < 1.29 is 9.90 Å². The fourth-order valence-electron chi connectivity index (χ4n) is 3.60. The Morgan fingerprint density at radius 3 is 3.00 bits per heavy atom. The molecule has 1 aliphatic carbocycles. The van der Waals surface area contributed by atoms with Crippen LogP contribution in [0.2, 0.25) is 0 Å². The predicted octanol–water partition coefficient (Wildman–Crippen LogP) is 1.79. The van der Waals surface area contributed by atoms with E-state index in [1.54, 1.807) is 0 Å². The van der Waals surface area contributed by atoms with Crippen molar-refractivity contribution in [1.82, 2.24) is 9.47 Å². The molecule has 1 saturated heterocycles. The lowest BCUT2D eigenvalue weighted by atomic mass is 9.71. The highest BCUT2D eigenvalue weighted by molar-refractivity contribution is 5.92. The number of aryl methyl sites for hydroxylation is 1. The van der Waals surface area contributed by atoms with E-state index < -0.39 is 5.60 Å². The number of hydrogen-bond acceptors (Lipinski definition) is 2. The summed E-state index contributed by atoms with van der Waals surface area (Å²) in [6.07, 6.45) is 6.89. The van der Waals surface area contributed by atoms with Crippen molar-refractivity contribution in [3.05, 3.63) is 24.0 Å². The van der Waals surface area contributed by atoms with Gasteiger partial charge in [0, 0.05) is 32.3 Å². The number of rotatable bonds is 1. The summed E-state index contributed by atoms with van der Waals surface area (Å²) >= 11 is 0. The average Bonchev–Trinajstić information content (AvgIpc) is 2.83. The van der Waals surface area contributed by atoms with Gasteiger partial charge in [-0.05, 0) is 31.4 Å². The zero-order valence-corrected chi connectivity index (χ0v) is 11.5.